The Kier molecular flexibility index (Phi) is 4.11. The predicted octanol–water partition coefficient (Wildman–Crippen LogP) is 2.38. The van der Waals surface area contributed by atoms with Crippen molar-refractivity contribution in [3.63, 3.8) is 0 Å². The van der Waals surface area contributed by atoms with Crippen LogP contribution in [0, 0.1) is 0 Å². The first-order chi connectivity index (χ1) is 11.8. The molecule has 0 bridgehead atoms. The van der Waals surface area contributed by atoms with Crippen LogP contribution in [0.15, 0.2) is 18.2 Å². The molecule has 2 heterocycles. The Labute approximate surface area is 140 Å². The number of benzene rings is 1. The number of aromatic amines is 1. The molecule has 0 saturated heterocycles. The maximum atomic E-state index is 12.6. The summed E-state index contributed by atoms with van der Waals surface area (Å²) in [6.45, 7) is 1.40. The van der Waals surface area contributed by atoms with Gasteiger partial charge in [0.1, 0.15) is 13.2 Å². The van der Waals surface area contributed by atoms with Crippen molar-refractivity contribution >= 4 is 5.91 Å². The average molecular weight is 327 g/mol. The van der Waals surface area contributed by atoms with E-state index in [9.17, 15) is 4.79 Å². The lowest BCUT2D eigenvalue weighted by Gasteiger charge is -2.20. The lowest BCUT2D eigenvalue weighted by atomic mass is 10.1. The van der Waals surface area contributed by atoms with Gasteiger partial charge in [0.25, 0.3) is 5.91 Å². The first-order valence-corrected chi connectivity index (χ1v) is 8.55. The molecule has 2 aliphatic rings. The lowest BCUT2D eigenvalue weighted by molar-refractivity contribution is 0.0939. The van der Waals surface area contributed by atoms with Crippen molar-refractivity contribution in [3.05, 3.63) is 40.7 Å². The number of nitrogens with one attached hydrogen (secondary N) is 2. The van der Waals surface area contributed by atoms with Gasteiger partial charge in [-0.2, -0.15) is 5.10 Å². The second-order valence-electron chi connectivity index (χ2n) is 6.20. The number of carbonyl (C=O) groups excluding carboxylic acids is 1. The summed E-state index contributed by atoms with van der Waals surface area (Å²) in [7, 11) is 0. The Balaban J connectivity index is 1.49. The van der Waals surface area contributed by atoms with Crippen LogP contribution in [0.1, 0.15) is 46.6 Å². The number of amides is 1. The summed E-state index contributed by atoms with van der Waals surface area (Å²) in [5.41, 5.74) is 3.96. The number of rotatable bonds is 3. The zero-order valence-corrected chi connectivity index (χ0v) is 13.6. The van der Waals surface area contributed by atoms with Gasteiger partial charge in [-0.15, -0.1) is 0 Å². The van der Waals surface area contributed by atoms with Gasteiger partial charge in [0, 0.05) is 5.69 Å². The van der Waals surface area contributed by atoms with Gasteiger partial charge in [-0.1, -0.05) is 12.5 Å². The molecule has 1 aromatic heterocycles. The summed E-state index contributed by atoms with van der Waals surface area (Å²) in [5.74, 6) is 0.993. The lowest BCUT2D eigenvalue weighted by Crippen LogP contribution is -2.26. The highest BCUT2D eigenvalue weighted by Crippen LogP contribution is 2.33. The first kappa shape index (κ1) is 15.1. The molecule has 1 amide bonds. The second-order valence-corrected chi connectivity index (χ2v) is 6.20. The second kappa shape index (κ2) is 6.55. The molecule has 2 N–H and O–H groups in total. The highest BCUT2D eigenvalue weighted by atomic mass is 16.6. The maximum Gasteiger partial charge on any atom is 0.255 e. The van der Waals surface area contributed by atoms with Crippen LogP contribution < -0.4 is 14.8 Å². The van der Waals surface area contributed by atoms with Gasteiger partial charge in [-0.25, -0.2) is 0 Å². The fourth-order valence-corrected chi connectivity index (χ4v) is 3.38. The van der Waals surface area contributed by atoms with E-state index in [4.69, 9.17) is 9.47 Å². The number of H-pyrrole nitrogens is 1. The number of fused-ring (bicyclic) bond motifs is 2. The van der Waals surface area contributed by atoms with Crippen LogP contribution >= 0.6 is 0 Å². The third-order valence-electron chi connectivity index (χ3n) is 4.62. The van der Waals surface area contributed by atoms with Crippen LogP contribution in [0.5, 0.6) is 11.5 Å². The maximum absolute atomic E-state index is 12.6. The molecule has 1 aliphatic carbocycles. The van der Waals surface area contributed by atoms with Gasteiger partial charge in [0.05, 0.1) is 17.8 Å². The topological polar surface area (TPSA) is 76.2 Å². The monoisotopic (exact) mass is 327 g/mol. The molecule has 0 spiro atoms. The number of ether oxygens (including phenoxy) is 2. The Bertz CT molecular complexity index is 754. The largest absolute Gasteiger partial charge is 0.486 e. The molecule has 0 radical (unpaired) electrons. The molecule has 0 atom stereocenters. The van der Waals surface area contributed by atoms with Gasteiger partial charge in [0.2, 0.25) is 0 Å². The smallest absolute Gasteiger partial charge is 0.255 e. The summed E-state index contributed by atoms with van der Waals surface area (Å²) < 4.78 is 11.1. The van der Waals surface area contributed by atoms with Gasteiger partial charge < -0.3 is 14.8 Å². The zero-order valence-electron chi connectivity index (χ0n) is 13.6. The number of aromatic nitrogens is 2. The van der Waals surface area contributed by atoms with Crippen LogP contribution in [-0.4, -0.2) is 29.3 Å². The standard InChI is InChI=1S/C18H21N3O3/c22-18(13-6-4-8-16-17(13)24-10-9-23-16)19-11-15-12-5-2-1-3-7-14(12)20-21-15/h4,6,8H,1-3,5,7,9-11H2,(H,19,22)(H,20,21). The third-order valence-corrected chi connectivity index (χ3v) is 4.62. The van der Waals surface area contributed by atoms with E-state index in [-0.39, 0.29) is 5.91 Å². The number of aryl methyl sites for hydroxylation is 1. The predicted molar refractivity (Wildman–Crippen MR) is 88.4 cm³/mol. The zero-order chi connectivity index (χ0) is 16.4. The molecule has 0 fully saturated rings. The number of hydrogen-bond acceptors (Lipinski definition) is 4. The van der Waals surface area contributed by atoms with Crippen molar-refractivity contribution in [1.82, 2.24) is 15.5 Å². The number of carbonyl (C=O) groups is 1. The minimum absolute atomic E-state index is 0.164. The summed E-state index contributed by atoms with van der Waals surface area (Å²) in [6.07, 6.45) is 5.73. The summed E-state index contributed by atoms with van der Waals surface area (Å²) >= 11 is 0. The van der Waals surface area contributed by atoms with E-state index < -0.39 is 0 Å². The first-order valence-electron chi connectivity index (χ1n) is 8.55. The molecule has 0 unspecified atom stereocenters. The molecule has 4 rings (SSSR count). The molecule has 2 aromatic rings. The van der Waals surface area contributed by atoms with Crippen molar-refractivity contribution in [1.29, 1.82) is 0 Å². The SMILES string of the molecule is O=C(NCc1n[nH]c2c1CCCCC2)c1cccc2c1OCCO2. The van der Waals surface area contributed by atoms with E-state index in [1.54, 1.807) is 6.07 Å². The highest BCUT2D eigenvalue weighted by molar-refractivity contribution is 5.97. The normalized spacial score (nSPS) is 16.2. The molecular formula is C18H21N3O3. The quantitative estimate of drug-likeness (QED) is 0.849. The molecule has 126 valence electrons. The average Bonchev–Trinajstić information content (AvgIpc) is 2.85. The Morgan fingerprint density at radius 3 is 3.00 bits per heavy atom. The molecular weight excluding hydrogens is 306 g/mol. The number of para-hydroxylation sites is 1. The third kappa shape index (κ3) is 2.84. The van der Waals surface area contributed by atoms with E-state index in [1.165, 1.54) is 30.5 Å². The summed E-state index contributed by atoms with van der Waals surface area (Å²) in [4.78, 5) is 12.6. The van der Waals surface area contributed by atoms with Crippen LogP contribution in [0.4, 0.5) is 0 Å². The highest BCUT2D eigenvalue weighted by Gasteiger charge is 2.21. The van der Waals surface area contributed by atoms with E-state index in [0.29, 0.717) is 36.8 Å². The molecule has 6 heteroatoms. The van der Waals surface area contributed by atoms with Crippen molar-refractivity contribution < 1.29 is 14.3 Å². The van der Waals surface area contributed by atoms with E-state index in [1.807, 2.05) is 12.1 Å². The molecule has 0 saturated carbocycles. The van der Waals surface area contributed by atoms with Crippen molar-refractivity contribution in [2.75, 3.05) is 13.2 Å². The van der Waals surface area contributed by atoms with Crippen molar-refractivity contribution in [3.8, 4) is 11.5 Å². The van der Waals surface area contributed by atoms with Gasteiger partial charge in [0.15, 0.2) is 11.5 Å². The van der Waals surface area contributed by atoms with Gasteiger partial charge in [-0.3, -0.25) is 9.89 Å². The van der Waals surface area contributed by atoms with E-state index in [2.05, 4.69) is 15.5 Å². The van der Waals surface area contributed by atoms with Gasteiger partial charge >= 0.3 is 0 Å². The summed E-state index contributed by atoms with van der Waals surface area (Å²) in [5, 5.41) is 10.5. The Morgan fingerprint density at radius 2 is 2.04 bits per heavy atom. The van der Waals surface area contributed by atoms with Crippen LogP contribution in [0.25, 0.3) is 0 Å². The van der Waals surface area contributed by atoms with Crippen molar-refractivity contribution in [2.24, 2.45) is 0 Å². The van der Waals surface area contributed by atoms with Crippen LogP contribution in [0.3, 0.4) is 0 Å². The molecule has 1 aliphatic heterocycles. The van der Waals surface area contributed by atoms with Crippen LogP contribution in [0.2, 0.25) is 0 Å². The minimum atomic E-state index is -0.164. The Hall–Kier alpha value is -2.50. The molecule has 1 aromatic carbocycles. The number of hydrogen-bond donors (Lipinski definition) is 2. The number of nitrogens with zero attached hydrogens (tertiary/aromatic N) is 1. The molecule has 6 nitrogen and oxygen atoms in total. The van der Waals surface area contributed by atoms with Gasteiger partial charge in [-0.05, 0) is 43.4 Å². The minimum Gasteiger partial charge on any atom is -0.486 e. The molecule has 24 heavy (non-hydrogen) atoms. The van der Waals surface area contributed by atoms with E-state index in [0.717, 1.165) is 18.5 Å². The Morgan fingerprint density at radius 1 is 1.17 bits per heavy atom. The van der Waals surface area contributed by atoms with Crippen LogP contribution in [-0.2, 0) is 19.4 Å². The van der Waals surface area contributed by atoms with E-state index >= 15 is 0 Å². The van der Waals surface area contributed by atoms with Crippen molar-refractivity contribution in [2.45, 2.75) is 38.6 Å². The fourth-order valence-electron chi connectivity index (χ4n) is 3.38. The summed E-state index contributed by atoms with van der Waals surface area (Å²) in [6, 6.07) is 5.38. The fraction of sp³-hybridized carbons (Fsp3) is 0.444.